The van der Waals surface area contributed by atoms with Crippen molar-refractivity contribution in [3.8, 4) is 0 Å². The largest absolute Gasteiger partial charge is 0.457 e. The van der Waals surface area contributed by atoms with Crippen molar-refractivity contribution in [1.82, 2.24) is 0 Å². The number of furan rings is 1. The van der Waals surface area contributed by atoms with Gasteiger partial charge in [-0.05, 0) is 39.5 Å². The van der Waals surface area contributed by atoms with Crippen LogP contribution >= 0.6 is 27.5 Å². The summed E-state index contributed by atoms with van der Waals surface area (Å²) in [7, 11) is 0. The lowest BCUT2D eigenvalue weighted by Crippen LogP contribution is -1.93. The molecule has 0 amide bonds. The van der Waals surface area contributed by atoms with E-state index in [1.807, 2.05) is 6.07 Å². The van der Waals surface area contributed by atoms with Gasteiger partial charge in [-0.2, -0.15) is 0 Å². The first-order chi connectivity index (χ1) is 8.22. The van der Waals surface area contributed by atoms with E-state index < -0.39 is 0 Å². The Morgan fingerprint density at radius 3 is 2.47 bits per heavy atom. The molecule has 0 fully saturated rings. The van der Waals surface area contributed by atoms with Crippen LogP contribution in [0.3, 0.4) is 0 Å². The average Bonchev–Trinajstić information content (AvgIpc) is 2.76. The van der Waals surface area contributed by atoms with Crippen molar-refractivity contribution in [2.24, 2.45) is 0 Å². The summed E-state index contributed by atoms with van der Waals surface area (Å²) >= 11 is 9.77. The van der Waals surface area contributed by atoms with E-state index in [1.54, 1.807) is 6.26 Å². The zero-order valence-electron chi connectivity index (χ0n) is 9.62. The predicted octanol–water partition coefficient (Wildman–Crippen LogP) is 5.32. The highest BCUT2D eigenvalue weighted by Gasteiger charge is 2.15. The molecule has 3 heteroatoms. The second-order valence-corrected chi connectivity index (χ2v) is 5.16. The molecule has 2 rings (SSSR count). The molecular weight excluding hydrogens is 300 g/mol. The minimum Gasteiger partial charge on any atom is -0.457 e. The van der Waals surface area contributed by atoms with E-state index >= 15 is 0 Å². The summed E-state index contributed by atoms with van der Waals surface area (Å²) in [6.45, 7) is 2.18. The van der Waals surface area contributed by atoms with Crippen LogP contribution in [0.4, 0.5) is 0 Å². The highest BCUT2D eigenvalue weighted by Crippen LogP contribution is 2.34. The van der Waals surface area contributed by atoms with Crippen molar-refractivity contribution < 1.29 is 4.42 Å². The van der Waals surface area contributed by atoms with Gasteiger partial charge in [-0.3, -0.25) is 0 Å². The zero-order valence-corrected chi connectivity index (χ0v) is 12.0. The number of alkyl halides is 1. The van der Waals surface area contributed by atoms with Gasteiger partial charge in [0.25, 0.3) is 0 Å². The van der Waals surface area contributed by atoms with Crippen LogP contribution in [0.5, 0.6) is 0 Å². The third-order valence-electron chi connectivity index (χ3n) is 2.73. The van der Waals surface area contributed by atoms with Crippen LogP contribution in [0.1, 0.15) is 35.4 Å². The molecule has 0 saturated carbocycles. The second-order valence-electron chi connectivity index (χ2n) is 4.00. The summed E-state index contributed by atoms with van der Waals surface area (Å²) in [5.74, 6) is 0. The number of benzene rings is 1. The van der Waals surface area contributed by atoms with Gasteiger partial charge in [0.05, 0.1) is 11.6 Å². The fourth-order valence-electron chi connectivity index (χ4n) is 1.81. The van der Waals surface area contributed by atoms with Crippen molar-refractivity contribution in [2.75, 3.05) is 0 Å². The van der Waals surface area contributed by atoms with Gasteiger partial charge in [-0.15, -0.1) is 11.6 Å². The van der Waals surface area contributed by atoms with Crippen LogP contribution in [-0.2, 0) is 6.42 Å². The van der Waals surface area contributed by atoms with Gasteiger partial charge in [0.15, 0.2) is 4.67 Å². The Morgan fingerprint density at radius 1 is 1.24 bits per heavy atom. The van der Waals surface area contributed by atoms with Crippen LogP contribution < -0.4 is 0 Å². The standard InChI is InChI=1S/C14H14BrClO/c1-2-3-10-4-6-11(7-5-10)13(16)12-8-9-17-14(12)15/h4-9,13H,2-3H2,1H3. The maximum absolute atomic E-state index is 6.42. The molecule has 0 aliphatic rings. The molecule has 0 radical (unpaired) electrons. The van der Waals surface area contributed by atoms with E-state index in [4.69, 9.17) is 16.0 Å². The number of rotatable bonds is 4. The Hall–Kier alpha value is -0.730. The van der Waals surface area contributed by atoms with E-state index in [2.05, 4.69) is 47.1 Å². The number of hydrogen-bond donors (Lipinski definition) is 0. The summed E-state index contributed by atoms with van der Waals surface area (Å²) in [6, 6.07) is 10.3. The van der Waals surface area contributed by atoms with E-state index in [0.29, 0.717) is 4.67 Å². The molecule has 0 N–H and O–H groups in total. The number of aryl methyl sites for hydroxylation is 1. The van der Waals surface area contributed by atoms with E-state index in [0.717, 1.165) is 24.0 Å². The van der Waals surface area contributed by atoms with Gasteiger partial charge in [-0.25, -0.2) is 0 Å². The maximum atomic E-state index is 6.42. The highest BCUT2D eigenvalue weighted by atomic mass is 79.9. The Kier molecular flexibility index (Phi) is 4.30. The lowest BCUT2D eigenvalue weighted by Gasteiger charge is -2.09. The van der Waals surface area contributed by atoms with Crippen molar-refractivity contribution in [3.05, 3.63) is 58.0 Å². The number of halogens is 2. The maximum Gasteiger partial charge on any atom is 0.173 e. The first-order valence-electron chi connectivity index (χ1n) is 5.68. The van der Waals surface area contributed by atoms with Crippen molar-refractivity contribution in [3.63, 3.8) is 0 Å². The first-order valence-corrected chi connectivity index (χ1v) is 6.91. The van der Waals surface area contributed by atoms with Crippen molar-refractivity contribution >= 4 is 27.5 Å². The molecule has 1 unspecified atom stereocenters. The summed E-state index contributed by atoms with van der Waals surface area (Å²) in [4.78, 5) is 0. The van der Waals surface area contributed by atoms with Crippen molar-refractivity contribution in [2.45, 2.75) is 25.1 Å². The fraction of sp³-hybridized carbons (Fsp3) is 0.286. The van der Waals surface area contributed by atoms with Crippen LogP contribution in [0.25, 0.3) is 0 Å². The molecule has 1 nitrogen and oxygen atoms in total. The summed E-state index contributed by atoms with van der Waals surface area (Å²) in [5.41, 5.74) is 3.41. The molecule has 0 aliphatic heterocycles. The molecule has 90 valence electrons. The highest BCUT2D eigenvalue weighted by molar-refractivity contribution is 9.10. The monoisotopic (exact) mass is 312 g/mol. The molecule has 2 aromatic rings. The summed E-state index contributed by atoms with van der Waals surface area (Å²) in [6.07, 6.45) is 3.92. The van der Waals surface area contributed by atoms with Crippen molar-refractivity contribution in [1.29, 1.82) is 0 Å². The summed E-state index contributed by atoms with van der Waals surface area (Å²) < 4.78 is 5.91. The molecule has 1 atom stereocenters. The van der Waals surface area contributed by atoms with Gasteiger partial charge < -0.3 is 4.42 Å². The van der Waals surface area contributed by atoms with E-state index in [1.165, 1.54) is 5.56 Å². The average molecular weight is 314 g/mol. The van der Waals surface area contributed by atoms with Gasteiger partial charge in [0.1, 0.15) is 0 Å². The normalized spacial score (nSPS) is 12.6. The number of hydrogen-bond acceptors (Lipinski definition) is 1. The zero-order chi connectivity index (χ0) is 12.3. The van der Waals surface area contributed by atoms with Gasteiger partial charge in [0.2, 0.25) is 0 Å². The predicted molar refractivity (Wildman–Crippen MR) is 74.5 cm³/mol. The van der Waals surface area contributed by atoms with Gasteiger partial charge in [-0.1, -0.05) is 37.6 Å². The van der Waals surface area contributed by atoms with Crippen LogP contribution in [-0.4, -0.2) is 0 Å². The Balaban J connectivity index is 2.20. The van der Waals surface area contributed by atoms with Gasteiger partial charge >= 0.3 is 0 Å². The minimum absolute atomic E-state index is 0.168. The second kappa shape index (κ2) is 5.74. The van der Waals surface area contributed by atoms with E-state index in [-0.39, 0.29) is 5.38 Å². The Morgan fingerprint density at radius 2 is 1.94 bits per heavy atom. The minimum atomic E-state index is -0.168. The Bertz CT molecular complexity index is 475. The molecule has 1 heterocycles. The smallest absolute Gasteiger partial charge is 0.173 e. The Labute approximate surface area is 115 Å². The SMILES string of the molecule is CCCc1ccc(C(Cl)c2ccoc2Br)cc1. The molecule has 0 saturated heterocycles. The quantitative estimate of drug-likeness (QED) is 0.696. The molecule has 17 heavy (non-hydrogen) atoms. The molecular formula is C14H14BrClO. The third-order valence-corrected chi connectivity index (χ3v) is 3.86. The lowest BCUT2D eigenvalue weighted by atomic mass is 10.0. The lowest BCUT2D eigenvalue weighted by molar-refractivity contribution is 0.537. The molecule has 0 aliphatic carbocycles. The first kappa shape index (κ1) is 12.7. The van der Waals surface area contributed by atoms with Crippen LogP contribution in [0.2, 0.25) is 0 Å². The third kappa shape index (κ3) is 2.93. The molecule has 0 spiro atoms. The molecule has 1 aromatic carbocycles. The molecule has 1 aromatic heterocycles. The van der Waals surface area contributed by atoms with Gasteiger partial charge in [0, 0.05) is 5.56 Å². The molecule has 0 bridgehead atoms. The van der Waals surface area contributed by atoms with Crippen LogP contribution in [0.15, 0.2) is 45.7 Å². The van der Waals surface area contributed by atoms with Crippen LogP contribution in [0, 0.1) is 0 Å². The topological polar surface area (TPSA) is 13.1 Å². The van der Waals surface area contributed by atoms with E-state index in [9.17, 15) is 0 Å². The fourth-order valence-corrected chi connectivity index (χ4v) is 2.72. The summed E-state index contributed by atoms with van der Waals surface area (Å²) in [5, 5.41) is -0.168.